The summed E-state index contributed by atoms with van der Waals surface area (Å²) in [6.45, 7) is 1.65. The molecular weight excluding hydrogens is 330 g/mol. The molecule has 1 saturated carbocycles. The van der Waals surface area contributed by atoms with Crippen molar-refractivity contribution < 1.29 is 13.9 Å². The first-order valence-corrected chi connectivity index (χ1v) is 8.77. The van der Waals surface area contributed by atoms with E-state index >= 15 is 0 Å². The lowest BCUT2D eigenvalue weighted by Gasteiger charge is -2.24. The zero-order valence-electron chi connectivity index (χ0n) is 13.3. The maximum absolute atomic E-state index is 13.0. The summed E-state index contributed by atoms with van der Waals surface area (Å²) in [5.74, 6) is 0.966. The Balaban J connectivity index is 1.55. The second-order valence-electron chi connectivity index (χ2n) is 6.47. The van der Waals surface area contributed by atoms with Crippen molar-refractivity contribution in [1.82, 2.24) is 15.1 Å². The number of nitrogens with one attached hydrogen (secondary N) is 1. The van der Waals surface area contributed by atoms with E-state index in [1.807, 2.05) is 12.1 Å². The first kappa shape index (κ1) is 15.7. The minimum Gasteiger partial charge on any atom is -0.467 e. The quantitative estimate of drug-likeness (QED) is 0.868. The van der Waals surface area contributed by atoms with Crippen LogP contribution < -0.4 is 0 Å². The molecule has 6 nitrogen and oxygen atoms in total. The number of carbonyl (C=O) groups excluding carboxylic acids is 1. The molecule has 2 fully saturated rings. The maximum Gasteiger partial charge on any atom is 0.276 e. The molecule has 7 heteroatoms. The van der Waals surface area contributed by atoms with Crippen LogP contribution in [0.2, 0.25) is 5.02 Å². The number of rotatable bonds is 6. The number of carbonyl (C=O) groups is 1. The number of nitrogens with zero attached hydrogens (tertiary/aromatic N) is 2. The van der Waals surface area contributed by atoms with Crippen molar-refractivity contribution in [3.63, 3.8) is 0 Å². The summed E-state index contributed by atoms with van der Waals surface area (Å²) in [6.07, 6.45) is 5.86. The first-order chi connectivity index (χ1) is 11.7. The SMILES string of the molecule is O=C(c1n[nH]c(C2CC2)c1Cl)N(Cc1ccco1)C[C@H]1CCCO1. The van der Waals surface area contributed by atoms with Crippen LogP contribution in [0.5, 0.6) is 0 Å². The van der Waals surface area contributed by atoms with Crippen LogP contribution in [0.1, 0.15) is 53.5 Å². The number of H-pyrrole nitrogens is 1. The smallest absolute Gasteiger partial charge is 0.276 e. The molecule has 24 heavy (non-hydrogen) atoms. The molecular formula is C17H20ClN3O3. The lowest BCUT2D eigenvalue weighted by molar-refractivity contribution is 0.0487. The van der Waals surface area contributed by atoms with Gasteiger partial charge in [0.1, 0.15) is 5.76 Å². The van der Waals surface area contributed by atoms with E-state index in [0.717, 1.165) is 43.7 Å². The Morgan fingerprint density at radius 3 is 2.96 bits per heavy atom. The van der Waals surface area contributed by atoms with Gasteiger partial charge in [0.15, 0.2) is 5.69 Å². The molecule has 0 unspecified atom stereocenters. The van der Waals surface area contributed by atoms with E-state index in [4.69, 9.17) is 20.8 Å². The van der Waals surface area contributed by atoms with Gasteiger partial charge in [-0.15, -0.1) is 0 Å². The summed E-state index contributed by atoms with van der Waals surface area (Å²) >= 11 is 6.40. The van der Waals surface area contributed by atoms with Crippen LogP contribution in [0.4, 0.5) is 0 Å². The van der Waals surface area contributed by atoms with Crippen molar-refractivity contribution >= 4 is 17.5 Å². The number of hydrogen-bond acceptors (Lipinski definition) is 4. The number of halogens is 1. The third-order valence-corrected chi connectivity index (χ3v) is 4.97. The number of hydrogen-bond donors (Lipinski definition) is 1. The normalized spacial score (nSPS) is 20.5. The van der Waals surface area contributed by atoms with Crippen molar-refractivity contribution in [2.45, 2.75) is 44.2 Å². The lowest BCUT2D eigenvalue weighted by Crippen LogP contribution is -2.37. The van der Waals surface area contributed by atoms with Crippen LogP contribution in [-0.2, 0) is 11.3 Å². The predicted octanol–water partition coefficient (Wildman–Crippen LogP) is 3.35. The van der Waals surface area contributed by atoms with Crippen LogP contribution in [0.3, 0.4) is 0 Å². The minimum absolute atomic E-state index is 0.0598. The average molecular weight is 350 g/mol. The van der Waals surface area contributed by atoms with E-state index in [9.17, 15) is 4.79 Å². The van der Waals surface area contributed by atoms with Gasteiger partial charge in [0.25, 0.3) is 5.91 Å². The molecule has 4 rings (SSSR count). The van der Waals surface area contributed by atoms with Crippen LogP contribution in [0.25, 0.3) is 0 Å². The molecule has 1 atom stereocenters. The minimum atomic E-state index is -0.185. The molecule has 1 aliphatic heterocycles. The maximum atomic E-state index is 13.0. The Hall–Kier alpha value is -1.79. The van der Waals surface area contributed by atoms with Gasteiger partial charge in [-0.1, -0.05) is 11.6 Å². The zero-order valence-corrected chi connectivity index (χ0v) is 14.1. The zero-order chi connectivity index (χ0) is 16.5. The monoisotopic (exact) mass is 349 g/mol. The molecule has 0 bridgehead atoms. The Bertz CT molecular complexity index is 703. The fourth-order valence-corrected chi connectivity index (χ4v) is 3.44. The number of ether oxygens (including phenoxy) is 1. The topological polar surface area (TPSA) is 71.4 Å². The first-order valence-electron chi connectivity index (χ1n) is 8.39. The summed E-state index contributed by atoms with van der Waals surface area (Å²) in [5.41, 5.74) is 1.18. The van der Waals surface area contributed by atoms with E-state index in [-0.39, 0.29) is 12.0 Å². The highest BCUT2D eigenvalue weighted by atomic mass is 35.5. The van der Waals surface area contributed by atoms with Crippen molar-refractivity contribution in [2.24, 2.45) is 0 Å². The van der Waals surface area contributed by atoms with Crippen LogP contribution in [0.15, 0.2) is 22.8 Å². The number of aromatic nitrogens is 2. The molecule has 2 aromatic rings. The summed E-state index contributed by atoms with van der Waals surface area (Å²) in [4.78, 5) is 14.7. The molecule has 1 aliphatic carbocycles. The second kappa shape index (κ2) is 6.61. The van der Waals surface area contributed by atoms with Gasteiger partial charge in [-0.25, -0.2) is 0 Å². The molecule has 2 aliphatic rings. The highest BCUT2D eigenvalue weighted by molar-refractivity contribution is 6.34. The molecule has 2 aromatic heterocycles. The van der Waals surface area contributed by atoms with E-state index in [1.54, 1.807) is 11.2 Å². The fraction of sp³-hybridized carbons (Fsp3) is 0.529. The summed E-state index contributed by atoms with van der Waals surface area (Å²) in [7, 11) is 0. The standard InChI is InChI=1S/C17H20ClN3O3/c18-14-15(11-5-6-11)19-20-16(14)17(22)21(9-12-3-1-7-23-12)10-13-4-2-8-24-13/h1,3,7,11,13H,2,4-6,8-10H2,(H,19,20)/t13-/m1/s1. The van der Waals surface area contributed by atoms with Gasteiger partial charge >= 0.3 is 0 Å². The molecule has 1 N–H and O–H groups in total. The molecule has 128 valence electrons. The number of aromatic amines is 1. The van der Waals surface area contributed by atoms with Crippen LogP contribution in [-0.4, -0.2) is 40.3 Å². The second-order valence-corrected chi connectivity index (χ2v) is 6.85. The van der Waals surface area contributed by atoms with Gasteiger partial charge < -0.3 is 14.1 Å². The molecule has 0 radical (unpaired) electrons. The van der Waals surface area contributed by atoms with E-state index in [1.165, 1.54) is 0 Å². The largest absolute Gasteiger partial charge is 0.467 e. The van der Waals surface area contributed by atoms with E-state index in [0.29, 0.717) is 29.7 Å². The average Bonchev–Trinajstić information content (AvgIpc) is 2.98. The number of amides is 1. The van der Waals surface area contributed by atoms with Crippen molar-refractivity contribution in [3.8, 4) is 0 Å². The highest BCUT2D eigenvalue weighted by Crippen LogP contribution is 2.43. The summed E-state index contributed by atoms with van der Waals surface area (Å²) in [6, 6.07) is 3.67. The Morgan fingerprint density at radius 1 is 1.42 bits per heavy atom. The van der Waals surface area contributed by atoms with Crippen molar-refractivity contribution in [1.29, 1.82) is 0 Å². The molecule has 0 spiro atoms. The molecule has 3 heterocycles. The van der Waals surface area contributed by atoms with Crippen molar-refractivity contribution in [3.05, 3.63) is 40.6 Å². The Kier molecular flexibility index (Phi) is 4.33. The van der Waals surface area contributed by atoms with Gasteiger partial charge in [-0.3, -0.25) is 9.89 Å². The molecule has 1 saturated heterocycles. The highest BCUT2D eigenvalue weighted by Gasteiger charge is 2.33. The third-order valence-electron chi connectivity index (χ3n) is 4.58. The van der Waals surface area contributed by atoms with Gasteiger partial charge in [0, 0.05) is 19.1 Å². The lowest BCUT2D eigenvalue weighted by atomic mass is 10.2. The van der Waals surface area contributed by atoms with Gasteiger partial charge in [0.05, 0.1) is 29.6 Å². The van der Waals surface area contributed by atoms with E-state index in [2.05, 4.69) is 10.2 Å². The van der Waals surface area contributed by atoms with Crippen LogP contribution >= 0.6 is 11.6 Å². The van der Waals surface area contributed by atoms with Crippen LogP contribution in [0, 0.1) is 0 Å². The van der Waals surface area contributed by atoms with E-state index < -0.39 is 0 Å². The number of furan rings is 1. The fourth-order valence-electron chi connectivity index (χ4n) is 3.12. The summed E-state index contributed by atoms with van der Waals surface area (Å²) < 4.78 is 11.1. The van der Waals surface area contributed by atoms with Crippen molar-refractivity contribution in [2.75, 3.05) is 13.2 Å². The predicted molar refractivity (Wildman–Crippen MR) is 88.0 cm³/mol. The third kappa shape index (κ3) is 3.21. The summed E-state index contributed by atoms with van der Waals surface area (Å²) in [5, 5.41) is 7.58. The molecule has 1 amide bonds. The molecule has 0 aromatic carbocycles. The Morgan fingerprint density at radius 2 is 2.29 bits per heavy atom. The van der Waals surface area contributed by atoms with Gasteiger partial charge in [-0.2, -0.15) is 5.10 Å². The Labute approximate surface area is 145 Å². The van der Waals surface area contributed by atoms with Gasteiger partial charge in [0.2, 0.25) is 0 Å². The van der Waals surface area contributed by atoms with Gasteiger partial charge in [-0.05, 0) is 37.8 Å².